The predicted octanol–water partition coefficient (Wildman–Crippen LogP) is 2.63. The smallest absolute Gasteiger partial charge is 0.264 e. The van der Waals surface area contributed by atoms with Crippen LogP contribution in [-0.4, -0.2) is 22.8 Å². The van der Waals surface area contributed by atoms with Gasteiger partial charge in [0.15, 0.2) is 0 Å². The van der Waals surface area contributed by atoms with Gasteiger partial charge in [-0.25, -0.2) is 0 Å². The van der Waals surface area contributed by atoms with Crippen molar-refractivity contribution in [3.63, 3.8) is 0 Å². The molecule has 1 heterocycles. The van der Waals surface area contributed by atoms with Gasteiger partial charge in [-0.3, -0.25) is 14.5 Å². The summed E-state index contributed by atoms with van der Waals surface area (Å²) >= 11 is 5.94. The van der Waals surface area contributed by atoms with Crippen LogP contribution in [0.2, 0.25) is 5.02 Å². The predicted molar refractivity (Wildman–Crippen MR) is 66.3 cm³/mol. The first kappa shape index (κ1) is 12.6. The molecular weight excluding hydrogens is 252 g/mol. The fourth-order valence-electron chi connectivity index (χ4n) is 2.07. The lowest BCUT2D eigenvalue weighted by Gasteiger charge is -2.19. The number of halogens is 1. The highest BCUT2D eigenvalue weighted by Crippen LogP contribution is 2.30. The zero-order valence-corrected chi connectivity index (χ0v) is 10.6. The number of benzene rings is 1. The molecule has 1 unspecified atom stereocenters. The molecule has 0 saturated carbocycles. The number of hydrogen-bond donors (Lipinski definition) is 0. The molecule has 0 spiro atoms. The van der Waals surface area contributed by atoms with E-state index in [1.807, 2.05) is 13.0 Å². The van der Waals surface area contributed by atoms with E-state index in [-0.39, 0.29) is 16.1 Å². The van der Waals surface area contributed by atoms with Crippen molar-refractivity contribution < 1.29 is 9.59 Å². The first-order chi connectivity index (χ1) is 8.61. The van der Waals surface area contributed by atoms with Crippen LogP contribution >= 0.6 is 11.6 Å². The molecule has 1 aromatic rings. The van der Waals surface area contributed by atoms with E-state index < -0.39 is 17.9 Å². The van der Waals surface area contributed by atoms with Crippen LogP contribution in [0.15, 0.2) is 18.2 Å². The summed E-state index contributed by atoms with van der Waals surface area (Å²) in [7, 11) is 0. The molecule has 0 bridgehead atoms. The Morgan fingerprint density at radius 2 is 2.11 bits per heavy atom. The highest BCUT2D eigenvalue weighted by Gasteiger charge is 2.40. The van der Waals surface area contributed by atoms with Gasteiger partial charge in [0, 0.05) is 0 Å². The van der Waals surface area contributed by atoms with E-state index in [4.69, 9.17) is 16.9 Å². The number of amides is 2. The third-order valence-electron chi connectivity index (χ3n) is 2.92. The Morgan fingerprint density at radius 1 is 1.39 bits per heavy atom. The van der Waals surface area contributed by atoms with E-state index in [9.17, 15) is 9.59 Å². The van der Waals surface area contributed by atoms with Gasteiger partial charge in [0.2, 0.25) is 0 Å². The van der Waals surface area contributed by atoms with E-state index in [1.54, 1.807) is 18.2 Å². The quantitative estimate of drug-likeness (QED) is 0.787. The van der Waals surface area contributed by atoms with Crippen LogP contribution in [0.4, 0.5) is 0 Å². The maximum absolute atomic E-state index is 12.2. The summed E-state index contributed by atoms with van der Waals surface area (Å²) in [4.78, 5) is 25.3. The van der Waals surface area contributed by atoms with Crippen LogP contribution in [0, 0.1) is 11.3 Å². The van der Waals surface area contributed by atoms with Crippen molar-refractivity contribution in [3.8, 4) is 6.07 Å². The Balaban J connectivity index is 2.46. The zero-order chi connectivity index (χ0) is 13.3. The molecule has 0 aromatic heterocycles. The number of nitriles is 1. The van der Waals surface area contributed by atoms with Gasteiger partial charge in [0.1, 0.15) is 6.04 Å². The van der Waals surface area contributed by atoms with Gasteiger partial charge in [-0.15, -0.1) is 0 Å². The van der Waals surface area contributed by atoms with Gasteiger partial charge in [-0.1, -0.05) is 31.0 Å². The first-order valence-corrected chi connectivity index (χ1v) is 6.05. The third-order valence-corrected chi connectivity index (χ3v) is 3.23. The van der Waals surface area contributed by atoms with Crippen LogP contribution < -0.4 is 0 Å². The van der Waals surface area contributed by atoms with E-state index in [1.165, 1.54) is 0 Å². The first-order valence-electron chi connectivity index (χ1n) is 5.67. The topological polar surface area (TPSA) is 61.2 Å². The lowest BCUT2D eigenvalue weighted by Crippen LogP contribution is -2.38. The van der Waals surface area contributed by atoms with E-state index >= 15 is 0 Å². The number of imide groups is 1. The molecule has 5 heteroatoms. The number of hydrogen-bond acceptors (Lipinski definition) is 3. The van der Waals surface area contributed by atoms with Gasteiger partial charge in [-0.05, 0) is 18.6 Å². The second-order valence-corrected chi connectivity index (χ2v) is 4.48. The highest BCUT2D eigenvalue weighted by atomic mass is 35.5. The molecule has 4 nitrogen and oxygen atoms in total. The fraction of sp³-hybridized carbons (Fsp3) is 0.308. The van der Waals surface area contributed by atoms with Gasteiger partial charge >= 0.3 is 0 Å². The standard InChI is InChI=1S/C13H11ClN2O2/c1-2-4-8(7-15)16-12(17)9-5-3-6-10(14)11(9)13(16)18/h3,5-6,8H,2,4H2,1H3. The minimum absolute atomic E-state index is 0.209. The Labute approximate surface area is 110 Å². The number of fused-ring (bicyclic) bond motifs is 1. The van der Waals surface area contributed by atoms with Crippen LogP contribution in [0.25, 0.3) is 0 Å². The van der Waals surface area contributed by atoms with Crippen LogP contribution in [0.1, 0.15) is 40.5 Å². The SMILES string of the molecule is CCCC(C#N)N1C(=O)c2cccc(Cl)c2C1=O. The molecular formula is C13H11ClN2O2. The number of carbonyl (C=O) groups excluding carboxylic acids is 2. The second-order valence-electron chi connectivity index (χ2n) is 4.08. The Morgan fingerprint density at radius 3 is 2.67 bits per heavy atom. The Kier molecular flexibility index (Phi) is 3.35. The highest BCUT2D eigenvalue weighted by molar-refractivity contribution is 6.37. The second kappa shape index (κ2) is 4.79. The van der Waals surface area contributed by atoms with Gasteiger partial charge in [0.25, 0.3) is 11.8 Å². The van der Waals surface area contributed by atoms with E-state index in [0.717, 1.165) is 11.3 Å². The van der Waals surface area contributed by atoms with Crippen molar-refractivity contribution in [2.24, 2.45) is 0 Å². The molecule has 1 atom stereocenters. The van der Waals surface area contributed by atoms with Gasteiger partial charge < -0.3 is 0 Å². The molecule has 0 N–H and O–H groups in total. The van der Waals surface area contributed by atoms with Crippen molar-refractivity contribution in [2.45, 2.75) is 25.8 Å². The fourth-order valence-corrected chi connectivity index (χ4v) is 2.33. The Hall–Kier alpha value is -1.86. The molecule has 0 radical (unpaired) electrons. The molecule has 1 aliphatic heterocycles. The molecule has 2 rings (SSSR count). The molecule has 1 aliphatic rings. The van der Waals surface area contributed by atoms with E-state index in [2.05, 4.69) is 0 Å². The molecule has 18 heavy (non-hydrogen) atoms. The van der Waals surface area contributed by atoms with Crippen molar-refractivity contribution in [1.82, 2.24) is 4.90 Å². The summed E-state index contributed by atoms with van der Waals surface area (Å²) < 4.78 is 0. The van der Waals surface area contributed by atoms with Crippen LogP contribution in [-0.2, 0) is 0 Å². The van der Waals surface area contributed by atoms with Crippen LogP contribution in [0.3, 0.4) is 0 Å². The van der Waals surface area contributed by atoms with Crippen molar-refractivity contribution in [1.29, 1.82) is 5.26 Å². The summed E-state index contributed by atoms with van der Waals surface area (Å²) in [6, 6.07) is 6.02. The lowest BCUT2D eigenvalue weighted by atomic mass is 10.1. The summed E-state index contributed by atoms with van der Waals surface area (Å²) in [5.41, 5.74) is 0.490. The number of rotatable bonds is 3. The maximum atomic E-state index is 12.2. The van der Waals surface area contributed by atoms with Crippen LogP contribution in [0.5, 0.6) is 0 Å². The summed E-state index contributed by atoms with van der Waals surface area (Å²) in [6.45, 7) is 1.90. The molecule has 2 amide bonds. The molecule has 0 aliphatic carbocycles. The van der Waals surface area contributed by atoms with Crippen molar-refractivity contribution >= 4 is 23.4 Å². The van der Waals surface area contributed by atoms with Crippen molar-refractivity contribution in [2.75, 3.05) is 0 Å². The Bertz CT molecular complexity index is 563. The average Bonchev–Trinajstić information content (AvgIpc) is 2.61. The summed E-state index contributed by atoms with van der Waals surface area (Å²) in [6.07, 6.45) is 1.19. The molecule has 0 saturated heterocycles. The van der Waals surface area contributed by atoms with Crippen molar-refractivity contribution in [3.05, 3.63) is 34.3 Å². The lowest BCUT2D eigenvalue weighted by molar-refractivity contribution is 0.0613. The largest absolute Gasteiger partial charge is 0.269 e. The van der Waals surface area contributed by atoms with E-state index in [0.29, 0.717) is 6.42 Å². The third kappa shape index (κ3) is 1.77. The minimum atomic E-state index is -0.724. The number of nitrogens with zero attached hydrogens (tertiary/aromatic N) is 2. The summed E-state index contributed by atoms with van der Waals surface area (Å²) in [5, 5.41) is 9.32. The molecule has 1 aromatic carbocycles. The summed E-state index contributed by atoms with van der Waals surface area (Å²) in [5.74, 6) is -0.905. The monoisotopic (exact) mass is 262 g/mol. The molecule has 92 valence electrons. The van der Waals surface area contributed by atoms with Gasteiger partial charge in [0.05, 0.1) is 22.2 Å². The molecule has 0 fully saturated rings. The minimum Gasteiger partial charge on any atom is -0.269 e. The normalized spacial score (nSPS) is 15.5. The maximum Gasteiger partial charge on any atom is 0.264 e. The van der Waals surface area contributed by atoms with Gasteiger partial charge in [-0.2, -0.15) is 5.26 Å². The zero-order valence-electron chi connectivity index (χ0n) is 9.81. The number of carbonyl (C=O) groups is 2. The average molecular weight is 263 g/mol.